The van der Waals surface area contributed by atoms with Crippen LogP contribution < -0.4 is 5.56 Å². The summed E-state index contributed by atoms with van der Waals surface area (Å²) in [6.45, 7) is 9.68. The van der Waals surface area contributed by atoms with Gasteiger partial charge in [-0.05, 0) is 32.8 Å². The van der Waals surface area contributed by atoms with Gasteiger partial charge in [0.2, 0.25) is 0 Å². The summed E-state index contributed by atoms with van der Waals surface area (Å²) in [5, 5.41) is 14.1. The Morgan fingerprint density at radius 3 is 2.50 bits per heavy atom. The van der Waals surface area contributed by atoms with E-state index in [9.17, 15) is 9.90 Å². The highest BCUT2D eigenvalue weighted by atomic mass is 16.3. The maximum Gasteiger partial charge on any atom is 0.272 e. The minimum absolute atomic E-state index is 0.202. The van der Waals surface area contributed by atoms with E-state index >= 15 is 0 Å². The summed E-state index contributed by atoms with van der Waals surface area (Å²) < 4.78 is 1.44. The maximum atomic E-state index is 12.0. The molecule has 1 rings (SSSR count). The molecule has 1 N–H and O–H groups in total. The quantitative estimate of drug-likeness (QED) is 0.845. The number of rotatable bonds is 3. The van der Waals surface area contributed by atoms with Gasteiger partial charge in [0.25, 0.3) is 5.56 Å². The highest BCUT2D eigenvalue weighted by Crippen LogP contribution is 2.15. The first kappa shape index (κ1) is 12.9. The van der Waals surface area contributed by atoms with Crippen molar-refractivity contribution in [2.45, 2.75) is 46.8 Å². The minimum Gasteiger partial charge on any atom is -0.386 e. The Kier molecular flexibility index (Phi) is 3.53. The molecule has 4 nitrogen and oxygen atoms in total. The highest BCUT2D eigenvalue weighted by Gasteiger charge is 2.22. The average Bonchev–Trinajstić information content (AvgIpc) is 2.07. The molecule has 1 aromatic rings. The molecule has 0 radical (unpaired) electrons. The lowest BCUT2D eigenvalue weighted by atomic mass is 10.00. The number of hydrogen-bond acceptors (Lipinski definition) is 3. The number of aryl methyl sites for hydroxylation is 1. The van der Waals surface area contributed by atoms with Gasteiger partial charge in [0.1, 0.15) is 0 Å². The molecule has 0 aromatic carbocycles. The van der Waals surface area contributed by atoms with Gasteiger partial charge in [-0.3, -0.25) is 4.79 Å². The average molecular weight is 224 g/mol. The van der Waals surface area contributed by atoms with E-state index in [1.807, 2.05) is 20.8 Å². The number of aliphatic hydroxyl groups is 1. The van der Waals surface area contributed by atoms with Gasteiger partial charge < -0.3 is 5.11 Å². The molecular weight excluding hydrogens is 204 g/mol. The Bertz CT molecular complexity index is 428. The lowest BCUT2D eigenvalue weighted by molar-refractivity contribution is 0.0758. The van der Waals surface area contributed by atoms with Crippen LogP contribution in [0.1, 0.15) is 39.0 Å². The van der Waals surface area contributed by atoms with Crippen molar-refractivity contribution >= 4 is 0 Å². The Hall–Kier alpha value is -1.16. The van der Waals surface area contributed by atoms with Crippen LogP contribution in [-0.4, -0.2) is 14.9 Å². The largest absolute Gasteiger partial charge is 0.386 e. The molecule has 0 saturated carbocycles. The third kappa shape index (κ3) is 2.92. The first-order chi connectivity index (χ1) is 7.21. The highest BCUT2D eigenvalue weighted by molar-refractivity contribution is 5.18. The maximum absolute atomic E-state index is 12.0. The van der Waals surface area contributed by atoms with Gasteiger partial charge in [0, 0.05) is 6.54 Å². The van der Waals surface area contributed by atoms with E-state index in [-0.39, 0.29) is 5.56 Å². The van der Waals surface area contributed by atoms with Crippen molar-refractivity contribution in [3.05, 3.63) is 27.7 Å². The molecule has 0 aliphatic rings. The minimum atomic E-state index is -1.12. The molecule has 0 bridgehead atoms. The summed E-state index contributed by atoms with van der Waals surface area (Å²) in [7, 11) is 0. The Labute approximate surface area is 95.9 Å². The molecule has 0 aliphatic heterocycles. The van der Waals surface area contributed by atoms with Crippen molar-refractivity contribution in [3.8, 4) is 0 Å². The predicted octanol–water partition coefficient (Wildman–Crippen LogP) is 1.44. The summed E-state index contributed by atoms with van der Waals surface area (Å²) in [5.41, 5.74) is -0.173. The van der Waals surface area contributed by atoms with E-state index in [0.717, 1.165) is 5.69 Å². The molecule has 0 amide bonds. The second-order valence-electron chi connectivity index (χ2n) is 5.14. The molecule has 0 unspecified atom stereocenters. The Balaban J connectivity index is 3.33. The number of aromatic nitrogens is 2. The molecule has 0 atom stereocenters. The molecule has 4 heteroatoms. The van der Waals surface area contributed by atoms with Crippen molar-refractivity contribution in [2.75, 3.05) is 0 Å². The Morgan fingerprint density at radius 2 is 2.06 bits per heavy atom. The molecular formula is C12H20N2O2. The van der Waals surface area contributed by atoms with Crippen molar-refractivity contribution in [1.82, 2.24) is 9.78 Å². The van der Waals surface area contributed by atoms with Gasteiger partial charge in [0.05, 0.1) is 16.9 Å². The monoisotopic (exact) mass is 224 g/mol. The Morgan fingerprint density at radius 1 is 1.50 bits per heavy atom. The van der Waals surface area contributed by atoms with Crippen LogP contribution in [0.2, 0.25) is 0 Å². The van der Waals surface area contributed by atoms with Gasteiger partial charge in [-0.15, -0.1) is 0 Å². The van der Waals surface area contributed by atoms with Crippen LogP contribution >= 0.6 is 0 Å². The van der Waals surface area contributed by atoms with Gasteiger partial charge in [-0.2, -0.15) is 5.10 Å². The van der Waals surface area contributed by atoms with Gasteiger partial charge >= 0.3 is 0 Å². The third-order valence-electron chi connectivity index (χ3n) is 2.29. The standard InChI is InChI=1S/C12H20N2O2/c1-8(2)7-14-11(15)10(12(4,5)16)6-9(3)13-14/h6,8,16H,7H2,1-5H3. The molecule has 0 aliphatic carbocycles. The SMILES string of the molecule is Cc1cc(C(C)(C)O)c(=O)n(CC(C)C)n1. The summed E-state index contributed by atoms with van der Waals surface area (Å²) >= 11 is 0. The lowest BCUT2D eigenvalue weighted by Crippen LogP contribution is -2.34. The zero-order valence-electron chi connectivity index (χ0n) is 10.6. The van der Waals surface area contributed by atoms with Crippen LogP contribution in [0.4, 0.5) is 0 Å². The molecule has 16 heavy (non-hydrogen) atoms. The van der Waals surface area contributed by atoms with Crippen molar-refractivity contribution < 1.29 is 5.11 Å². The van der Waals surface area contributed by atoms with Crippen LogP contribution in [0, 0.1) is 12.8 Å². The van der Waals surface area contributed by atoms with E-state index in [4.69, 9.17) is 0 Å². The summed E-state index contributed by atoms with van der Waals surface area (Å²) in [6, 6.07) is 1.65. The van der Waals surface area contributed by atoms with Crippen LogP contribution in [0.25, 0.3) is 0 Å². The first-order valence-corrected chi connectivity index (χ1v) is 5.53. The zero-order valence-corrected chi connectivity index (χ0v) is 10.6. The molecule has 1 aromatic heterocycles. The summed E-state index contributed by atoms with van der Waals surface area (Å²) in [5.74, 6) is 0.349. The lowest BCUT2D eigenvalue weighted by Gasteiger charge is -2.19. The van der Waals surface area contributed by atoms with Gasteiger partial charge in [-0.25, -0.2) is 4.68 Å². The van der Waals surface area contributed by atoms with Gasteiger partial charge in [0.15, 0.2) is 0 Å². The predicted molar refractivity (Wildman–Crippen MR) is 63.3 cm³/mol. The van der Waals surface area contributed by atoms with E-state index < -0.39 is 5.60 Å². The molecule has 90 valence electrons. The fourth-order valence-corrected chi connectivity index (χ4v) is 1.58. The second-order valence-corrected chi connectivity index (χ2v) is 5.14. The van der Waals surface area contributed by atoms with Crippen LogP contribution in [0.3, 0.4) is 0 Å². The van der Waals surface area contributed by atoms with Crippen LogP contribution in [-0.2, 0) is 12.1 Å². The summed E-state index contributed by atoms with van der Waals surface area (Å²) in [6.07, 6.45) is 0. The van der Waals surface area contributed by atoms with E-state index in [1.54, 1.807) is 19.9 Å². The van der Waals surface area contributed by atoms with Crippen LogP contribution in [0.5, 0.6) is 0 Å². The van der Waals surface area contributed by atoms with Crippen molar-refractivity contribution in [3.63, 3.8) is 0 Å². The van der Waals surface area contributed by atoms with Gasteiger partial charge in [-0.1, -0.05) is 13.8 Å². The normalized spacial score (nSPS) is 12.2. The zero-order chi connectivity index (χ0) is 12.5. The fourth-order valence-electron chi connectivity index (χ4n) is 1.58. The second kappa shape index (κ2) is 4.37. The summed E-state index contributed by atoms with van der Waals surface area (Å²) in [4.78, 5) is 12.0. The van der Waals surface area contributed by atoms with Crippen LogP contribution in [0.15, 0.2) is 10.9 Å². The first-order valence-electron chi connectivity index (χ1n) is 5.53. The third-order valence-corrected chi connectivity index (χ3v) is 2.29. The van der Waals surface area contributed by atoms with E-state index in [1.165, 1.54) is 4.68 Å². The molecule has 0 spiro atoms. The smallest absolute Gasteiger partial charge is 0.272 e. The van der Waals surface area contributed by atoms with E-state index in [0.29, 0.717) is 18.0 Å². The molecule has 1 heterocycles. The van der Waals surface area contributed by atoms with Crippen molar-refractivity contribution in [1.29, 1.82) is 0 Å². The molecule has 0 saturated heterocycles. The topological polar surface area (TPSA) is 55.1 Å². The molecule has 0 fully saturated rings. The number of nitrogens with zero attached hydrogens (tertiary/aromatic N) is 2. The fraction of sp³-hybridized carbons (Fsp3) is 0.667. The van der Waals surface area contributed by atoms with Crippen molar-refractivity contribution in [2.24, 2.45) is 5.92 Å². The van der Waals surface area contributed by atoms with E-state index in [2.05, 4.69) is 5.10 Å². The number of hydrogen-bond donors (Lipinski definition) is 1.